The first-order chi connectivity index (χ1) is 9.63. The molecule has 2 aliphatic rings. The first kappa shape index (κ1) is 12.6. The molecule has 2 heterocycles. The van der Waals surface area contributed by atoms with Gasteiger partial charge in [-0.25, -0.2) is 4.79 Å². The molecule has 0 bridgehead atoms. The van der Waals surface area contributed by atoms with Crippen LogP contribution in [-0.4, -0.2) is 49.9 Å². The predicted octanol–water partition coefficient (Wildman–Crippen LogP) is 0.596. The normalized spacial score (nSPS) is 19.9. The number of carbonyl (C=O) groups is 2. The number of hydrogen-bond donors (Lipinski definition) is 1. The van der Waals surface area contributed by atoms with E-state index in [9.17, 15) is 9.59 Å². The summed E-state index contributed by atoms with van der Waals surface area (Å²) in [6.07, 6.45) is -0.683. The van der Waals surface area contributed by atoms with Gasteiger partial charge in [0.1, 0.15) is 6.10 Å². The topological polar surface area (TPSA) is 77.1 Å². The van der Waals surface area contributed by atoms with Gasteiger partial charge in [0, 0.05) is 12.6 Å². The summed E-state index contributed by atoms with van der Waals surface area (Å²) in [6, 6.07) is 4.99. The zero-order valence-corrected chi connectivity index (χ0v) is 10.9. The highest BCUT2D eigenvalue weighted by Crippen LogP contribution is 2.32. The molecule has 1 fully saturated rings. The first-order valence-electron chi connectivity index (χ1n) is 6.23. The Kier molecular flexibility index (Phi) is 3.09. The summed E-state index contributed by atoms with van der Waals surface area (Å²) in [4.78, 5) is 24.7. The lowest BCUT2D eigenvalue weighted by molar-refractivity contribution is 0.0914. The summed E-state index contributed by atoms with van der Waals surface area (Å²) in [5.74, 6) is 0.950. The van der Waals surface area contributed by atoms with Crippen LogP contribution in [0.1, 0.15) is 10.4 Å². The van der Waals surface area contributed by atoms with Gasteiger partial charge in [0.05, 0.1) is 13.1 Å². The highest BCUT2D eigenvalue weighted by atomic mass is 16.7. The van der Waals surface area contributed by atoms with Crippen molar-refractivity contribution < 1.29 is 23.8 Å². The fourth-order valence-electron chi connectivity index (χ4n) is 2.10. The number of benzene rings is 1. The van der Waals surface area contributed by atoms with Crippen molar-refractivity contribution in [3.05, 3.63) is 23.8 Å². The molecular weight excluding hydrogens is 264 g/mol. The van der Waals surface area contributed by atoms with Gasteiger partial charge < -0.3 is 24.4 Å². The summed E-state index contributed by atoms with van der Waals surface area (Å²) < 4.78 is 15.5. The minimum absolute atomic E-state index is 0.171. The molecule has 1 N–H and O–H groups in total. The fourth-order valence-corrected chi connectivity index (χ4v) is 2.10. The van der Waals surface area contributed by atoms with Gasteiger partial charge in [-0.1, -0.05) is 0 Å². The quantitative estimate of drug-likeness (QED) is 0.876. The molecule has 0 saturated carbocycles. The van der Waals surface area contributed by atoms with Crippen LogP contribution >= 0.6 is 0 Å². The number of nitrogens with one attached hydrogen (secondary N) is 1. The minimum Gasteiger partial charge on any atom is -0.454 e. The maximum Gasteiger partial charge on any atom is 0.410 e. The van der Waals surface area contributed by atoms with Gasteiger partial charge in [-0.15, -0.1) is 0 Å². The molecule has 2 aliphatic heterocycles. The van der Waals surface area contributed by atoms with Crippen LogP contribution in [0.4, 0.5) is 4.79 Å². The zero-order valence-electron chi connectivity index (χ0n) is 10.9. The number of cyclic esters (lactones) is 1. The van der Waals surface area contributed by atoms with E-state index >= 15 is 0 Å². The van der Waals surface area contributed by atoms with Gasteiger partial charge in [-0.3, -0.25) is 4.79 Å². The Balaban J connectivity index is 1.58. The number of carbonyl (C=O) groups excluding carboxylic acids is 2. The van der Waals surface area contributed by atoms with Crippen LogP contribution in [-0.2, 0) is 4.74 Å². The second-order valence-electron chi connectivity index (χ2n) is 4.66. The maximum atomic E-state index is 12.0. The number of fused-ring (bicyclic) bond motifs is 1. The molecule has 20 heavy (non-hydrogen) atoms. The van der Waals surface area contributed by atoms with Crippen LogP contribution in [0, 0.1) is 0 Å². The Morgan fingerprint density at radius 3 is 2.95 bits per heavy atom. The Hall–Kier alpha value is -2.44. The smallest absolute Gasteiger partial charge is 0.410 e. The summed E-state index contributed by atoms with van der Waals surface area (Å²) >= 11 is 0. The van der Waals surface area contributed by atoms with Gasteiger partial charge in [0.2, 0.25) is 6.79 Å². The van der Waals surface area contributed by atoms with Gasteiger partial charge in [-0.05, 0) is 18.2 Å². The molecule has 2 amide bonds. The molecule has 0 radical (unpaired) electrons. The van der Waals surface area contributed by atoms with Gasteiger partial charge >= 0.3 is 6.09 Å². The molecule has 1 aromatic carbocycles. The van der Waals surface area contributed by atoms with Crippen molar-refractivity contribution in [2.45, 2.75) is 6.10 Å². The van der Waals surface area contributed by atoms with Crippen molar-refractivity contribution in [2.24, 2.45) is 0 Å². The number of hydrogen-bond acceptors (Lipinski definition) is 5. The Morgan fingerprint density at radius 2 is 2.20 bits per heavy atom. The van der Waals surface area contributed by atoms with Crippen LogP contribution in [0.25, 0.3) is 0 Å². The zero-order chi connectivity index (χ0) is 14.1. The molecule has 0 spiro atoms. The lowest BCUT2D eigenvalue weighted by Crippen LogP contribution is -2.34. The Morgan fingerprint density at radius 1 is 1.40 bits per heavy atom. The van der Waals surface area contributed by atoms with Gasteiger partial charge in [0.15, 0.2) is 11.5 Å². The van der Waals surface area contributed by atoms with Crippen molar-refractivity contribution in [3.63, 3.8) is 0 Å². The van der Waals surface area contributed by atoms with Crippen LogP contribution in [0.2, 0.25) is 0 Å². The molecule has 3 rings (SSSR count). The Bertz CT molecular complexity index is 560. The molecule has 1 atom stereocenters. The van der Waals surface area contributed by atoms with E-state index in [1.54, 1.807) is 25.2 Å². The molecule has 1 aromatic rings. The maximum absolute atomic E-state index is 12.0. The highest BCUT2D eigenvalue weighted by molar-refractivity contribution is 5.95. The number of likely N-dealkylation sites (N-methyl/N-ethyl adjacent to an activating group) is 1. The molecular formula is C13H14N2O5. The van der Waals surface area contributed by atoms with E-state index in [4.69, 9.17) is 14.2 Å². The fraction of sp³-hybridized carbons (Fsp3) is 0.385. The number of ether oxygens (including phenoxy) is 3. The van der Waals surface area contributed by atoms with Crippen LogP contribution in [0.5, 0.6) is 11.5 Å². The molecule has 1 saturated heterocycles. The third kappa shape index (κ3) is 2.34. The second-order valence-corrected chi connectivity index (χ2v) is 4.66. The first-order valence-corrected chi connectivity index (χ1v) is 6.23. The predicted molar refractivity (Wildman–Crippen MR) is 67.8 cm³/mol. The van der Waals surface area contributed by atoms with Crippen LogP contribution in [0.3, 0.4) is 0 Å². The van der Waals surface area contributed by atoms with E-state index in [2.05, 4.69) is 5.32 Å². The number of nitrogens with zero attached hydrogens (tertiary/aromatic N) is 1. The van der Waals surface area contributed by atoms with Crippen LogP contribution < -0.4 is 14.8 Å². The van der Waals surface area contributed by atoms with E-state index in [0.29, 0.717) is 23.6 Å². The lowest BCUT2D eigenvalue weighted by Gasteiger charge is -2.10. The molecule has 1 unspecified atom stereocenters. The van der Waals surface area contributed by atoms with E-state index in [1.165, 1.54) is 4.90 Å². The average molecular weight is 278 g/mol. The van der Waals surface area contributed by atoms with E-state index in [-0.39, 0.29) is 31.4 Å². The molecule has 0 aliphatic carbocycles. The summed E-state index contributed by atoms with van der Waals surface area (Å²) in [7, 11) is 1.65. The van der Waals surface area contributed by atoms with Gasteiger partial charge in [-0.2, -0.15) is 0 Å². The van der Waals surface area contributed by atoms with Crippen molar-refractivity contribution in [1.82, 2.24) is 10.2 Å². The summed E-state index contributed by atoms with van der Waals surface area (Å²) in [5.41, 5.74) is 0.479. The Labute approximate surface area is 115 Å². The second kappa shape index (κ2) is 4.92. The van der Waals surface area contributed by atoms with E-state index in [1.807, 2.05) is 0 Å². The third-order valence-corrected chi connectivity index (χ3v) is 3.18. The van der Waals surface area contributed by atoms with Gasteiger partial charge in [0.25, 0.3) is 5.91 Å². The largest absolute Gasteiger partial charge is 0.454 e. The van der Waals surface area contributed by atoms with Crippen molar-refractivity contribution in [2.75, 3.05) is 26.9 Å². The highest BCUT2D eigenvalue weighted by Gasteiger charge is 2.28. The number of rotatable bonds is 3. The molecule has 0 aromatic heterocycles. The standard InChI is InChI=1S/C13H14N2O5/c1-15-6-9(20-13(15)17)5-14-12(16)8-2-3-10-11(4-8)19-7-18-10/h2-4,9H,5-7H2,1H3,(H,14,16). The van der Waals surface area contributed by atoms with Crippen LogP contribution in [0.15, 0.2) is 18.2 Å². The lowest BCUT2D eigenvalue weighted by atomic mass is 10.2. The summed E-state index contributed by atoms with van der Waals surface area (Å²) in [6.45, 7) is 0.925. The van der Waals surface area contributed by atoms with Crippen molar-refractivity contribution in [3.8, 4) is 11.5 Å². The SMILES string of the molecule is CN1CC(CNC(=O)c2ccc3c(c2)OCO3)OC1=O. The van der Waals surface area contributed by atoms with Crippen molar-refractivity contribution in [1.29, 1.82) is 0 Å². The average Bonchev–Trinajstić information content (AvgIpc) is 3.02. The van der Waals surface area contributed by atoms with Crippen molar-refractivity contribution >= 4 is 12.0 Å². The van der Waals surface area contributed by atoms with E-state index in [0.717, 1.165) is 0 Å². The third-order valence-electron chi connectivity index (χ3n) is 3.18. The van der Waals surface area contributed by atoms with E-state index < -0.39 is 0 Å². The number of amides is 2. The summed E-state index contributed by atoms with van der Waals surface area (Å²) in [5, 5.41) is 2.73. The molecule has 7 heteroatoms. The minimum atomic E-state index is -0.368. The molecule has 7 nitrogen and oxygen atoms in total. The monoisotopic (exact) mass is 278 g/mol. The molecule has 106 valence electrons.